The van der Waals surface area contributed by atoms with Crippen molar-refractivity contribution in [3.8, 4) is 11.4 Å². The molecule has 0 aliphatic carbocycles. The molecular formula is C23H24ClFN4O2. The Labute approximate surface area is 185 Å². The molecule has 4 rings (SSSR count). The lowest BCUT2D eigenvalue weighted by Gasteiger charge is -2.31. The topological polar surface area (TPSA) is 71.3 Å². The van der Waals surface area contributed by atoms with Crippen molar-refractivity contribution in [1.82, 2.24) is 20.4 Å². The predicted molar refractivity (Wildman–Crippen MR) is 116 cm³/mol. The maximum atomic E-state index is 14.0. The van der Waals surface area contributed by atoms with Crippen molar-refractivity contribution in [3.05, 3.63) is 70.3 Å². The monoisotopic (exact) mass is 442 g/mol. The van der Waals surface area contributed by atoms with Crippen LogP contribution in [0.25, 0.3) is 11.4 Å². The number of rotatable bonds is 6. The smallest absolute Gasteiger partial charge is 0.246 e. The largest absolute Gasteiger partial charge is 0.347 e. The van der Waals surface area contributed by atoms with Crippen molar-refractivity contribution in [2.24, 2.45) is 5.92 Å². The van der Waals surface area contributed by atoms with Crippen LogP contribution in [0.3, 0.4) is 0 Å². The number of amides is 1. The second-order valence-corrected chi connectivity index (χ2v) is 8.26. The molecule has 8 heteroatoms. The highest BCUT2D eigenvalue weighted by atomic mass is 35.5. The number of carbonyl (C=O) groups is 1. The van der Waals surface area contributed by atoms with Crippen LogP contribution in [0.4, 0.5) is 4.39 Å². The quantitative estimate of drug-likeness (QED) is 0.614. The van der Waals surface area contributed by atoms with Gasteiger partial charge in [0.05, 0.1) is 6.54 Å². The first kappa shape index (κ1) is 21.5. The number of nitrogens with one attached hydrogen (secondary N) is 1. The Bertz CT molecular complexity index is 1040. The minimum Gasteiger partial charge on any atom is -0.347 e. The van der Waals surface area contributed by atoms with E-state index in [1.54, 1.807) is 12.1 Å². The second kappa shape index (κ2) is 9.58. The first-order chi connectivity index (χ1) is 15.0. The molecule has 1 aliphatic rings. The average Bonchev–Trinajstić information content (AvgIpc) is 3.24. The number of hydrogen-bond acceptors (Lipinski definition) is 5. The molecule has 0 radical (unpaired) electrons. The summed E-state index contributed by atoms with van der Waals surface area (Å²) in [6.07, 6.45) is 1.41. The van der Waals surface area contributed by atoms with Crippen LogP contribution < -0.4 is 5.32 Å². The van der Waals surface area contributed by atoms with Gasteiger partial charge in [0, 0.05) is 28.6 Å². The van der Waals surface area contributed by atoms with E-state index in [2.05, 4.69) is 20.4 Å². The van der Waals surface area contributed by atoms with Crippen LogP contribution in [0.5, 0.6) is 0 Å². The standard InChI is InChI=1S/C23H24ClFN4O2/c1-15-4-2-5-17(12-15)22-27-21(31-28-22)13-26-23(30)16-8-10-29(11-9-16)14-18-19(24)6-3-7-20(18)25/h2-7,12,16H,8-11,13-14H2,1H3,(H,26,30). The molecule has 1 aromatic heterocycles. The molecule has 1 N–H and O–H groups in total. The summed E-state index contributed by atoms with van der Waals surface area (Å²) in [4.78, 5) is 19.1. The van der Waals surface area contributed by atoms with Gasteiger partial charge in [-0.15, -0.1) is 0 Å². The number of aryl methyl sites for hydroxylation is 1. The minimum atomic E-state index is -0.294. The third-order valence-electron chi connectivity index (χ3n) is 5.56. The lowest BCUT2D eigenvalue weighted by atomic mass is 9.95. The summed E-state index contributed by atoms with van der Waals surface area (Å²) >= 11 is 6.13. The molecule has 1 aliphatic heterocycles. The molecule has 6 nitrogen and oxygen atoms in total. The lowest BCUT2D eigenvalue weighted by Crippen LogP contribution is -2.40. The molecule has 2 heterocycles. The summed E-state index contributed by atoms with van der Waals surface area (Å²) in [6.45, 7) is 4.06. The molecule has 0 atom stereocenters. The van der Waals surface area contributed by atoms with Crippen LogP contribution in [0, 0.1) is 18.7 Å². The van der Waals surface area contributed by atoms with E-state index in [1.165, 1.54) is 6.07 Å². The van der Waals surface area contributed by atoms with Gasteiger partial charge in [-0.05, 0) is 51.1 Å². The molecule has 0 spiro atoms. The van der Waals surface area contributed by atoms with E-state index in [0.717, 1.165) is 11.1 Å². The van der Waals surface area contributed by atoms with E-state index < -0.39 is 0 Å². The van der Waals surface area contributed by atoms with Crippen molar-refractivity contribution in [3.63, 3.8) is 0 Å². The fourth-order valence-electron chi connectivity index (χ4n) is 3.80. The molecule has 0 bridgehead atoms. The third kappa shape index (κ3) is 5.29. The van der Waals surface area contributed by atoms with Crippen LogP contribution in [-0.4, -0.2) is 34.0 Å². The number of piperidine rings is 1. The fraction of sp³-hybridized carbons (Fsp3) is 0.348. The SMILES string of the molecule is Cc1cccc(-c2noc(CNC(=O)C3CCN(Cc4c(F)cccc4Cl)CC3)n2)c1. The van der Waals surface area contributed by atoms with Crippen molar-refractivity contribution in [2.75, 3.05) is 13.1 Å². The Morgan fingerprint density at radius 2 is 2.03 bits per heavy atom. The van der Waals surface area contributed by atoms with Gasteiger partial charge in [0.25, 0.3) is 0 Å². The molecule has 162 valence electrons. The van der Waals surface area contributed by atoms with Gasteiger partial charge < -0.3 is 9.84 Å². The van der Waals surface area contributed by atoms with E-state index >= 15 is 0 Å². The molecule has 31 heavy (non-hydrogen) atoms. The van der Waals surface area contributed by atoms with E-state index in [4.69, 9.17) is 16.1 Å². The zero-order valence-electron chi connectivity index (χ0n) is 17.3. The summed E-state index contributed by atoms with van der Waals surface area (Å²) in [5.41, 5.74) is 2.50. The van der Waals surface area contributed by atoms with Gasteiger partial charge in [-0.2, -0.15) is 4.98 Å². The van der Waals surface area contributed by atoms with Gasteiger partial charge in [-0.1, -0.05) is 46.6 Å². The molecule has 3 aromatic rings. The van der Waals surface area contributed by atoms with Gasteiger partial charge in [-0.3, -0.25) is 9.69 Å². The molecule has 0 unspecified atom stereocenters. The highest BCUT2D eigenvalue weighted by Gasteiger charge is 2.26. The Balaban J connectivity index is 1.26. The fourth-order valence-corrected chi connectivity index (χ4v) is 4.02. The number of nitrogens with zero attached hydrogens (tertiary/aromatic N) is 3. The molecular weight excluding hydrogens is 419 g/mol. The van der Waals surface area contributed by atoms with E-state index in [1.807, 2.05) is 31.2 Å². The van der Waals surface area contributed by atoms with Gasteiger partial charge in [0.2, 0.25) is 17.6 Å². The van der Waals surface area contributed by atoms with E-state index in [0.29, 0.717) is 54.8 Å². The number of benzene rings is 2. The first-order valence-electron chi connectivity index (χ1n) is 10.3. The maximum Gasteiger partial charge on any atom is 0.246 e. The maximum absolute atomic E-state index is 14.0. The van der Waals surface area contributed by atoms with Crippen LogP contribution in [0.15, 0.2) is 47.0 Å². The van der Waals surface area contributed by atoms with Crippen molar-refractivity contribution in [2.45, 2.75) is 32.9 Å². The Hall–Kier alpha value is -2.77. The number of carbonyl (C=O) groups excluding carboxylic acids is 1. The van der Waals surface area contributed by atoms with Gasteiger partial charge in [-0.25, -0.2) is 4.39 Å². The molecule has 1 fully saturated rings. The minimum absolute atomic E-state index is 0.0288. The Kier molecular flexibility index (Phi) is 6.63. The Morgan fingerprint density at radius 3 is 2.77 bits per heavy atom. The summed E-state index contributed by atoms with van der Waals surface area (Å²) in [7, 11) is 0. The molecule has 1 amide bonds. The second-order valence-electron chi connectivity index (χ2n) is 7.85. The highest BCUT2D eigenvalue weighted by Crippen LogP contribution is 2.24. The van der Waals surface area contributed by atoms with Crippen LogP contribution in [-0.2, 0) is 17.9 Å². The van der Waals surface area contributed by atoms with E-state index in [9.17, 15) is 9.18 Å². The number of halogens is 2. The average molecular weight is 443 g/mol. The lowest BCUT2D eigenvalue weighted by molar-refractivity contribution is -0.126. The first-order valence-corrected chi connectivity index (χ1v) is 10.7. The Morgan fingerprint density at radius 1 is 1.26 bits per heavy atom. The van der Waals surface area contributed by atoms with Crippen molar-refractivity contribution < 1.29 is 13.7 Å². The van der Waals surface area contributed by atoms with Crippen molar-refractivity contribution >= 4 is 17.5 Å². The summed E-state index contributed by atoms with van der Waals surface area (Å²) < 4.78 is 19.3. The number of aromatic nitrogens is 2. The van der Waals surface area contributed by atoms with Crippen LogP contribution in [0.1, 0.15) is 29.9 Å². The number of hydrogen-bond donors (Lipinski definition) is 1. The van der Waals surface area contributed by atoms with Gasteiger partial charge in [0.1, 0.15) is 5.82 Å². The van der Waals surface area contributed by atoms with E-state index in [-0.39, 0.29) is 24.2 Å². The summed E-state index contributed by atoms with van der Waals surface area (Å²) in [5.74, 6) is 0.465. The molecule has 2 aromatic carbocycles. The molecule has 1 saturated heterocycles. The van der Waals surface area contributed by atoms with Gasteiger partial charge >= 0.3 is 0 Å². The third-order valence-corrected chi connectivity index (χ3v) is 5.91. The zero-order chi connectivity index (χ0) is 21.8. The highest BCUT2D eigenvalue weighted by molar-refractivity contribution is 6.31. The molecule has 0 saturated carbocycles. The zero-order valence-corrected chi connectivity index (χ0v) is 18.0. The van der Waals surface area contributed by atoms with Crippen LogP contribution >= 0.6 is 11.6 Å². The van der Waals surface area contributed by atoms with Crippen molar-refractivity contribution in [1.29, 1.82) is 0 Å². The summed E-state index contributed by atoms with van der Waals surface area (Å²) in [6, 6.07) is 12.6. The summed E-state index contributed by atoms with van der Waals surface area (Å²) in [5, 5.41) is 7.32. The normalized spacial score (nSPS) is 15.2. The number of likely N-dealkylation sites (tertiary alicyclic amines) is 1. The van der Waals surface area contributed by atoms with Crippen LogP contribution in [0.2, 0.25) is 5.02 Å². The van der Waals surface area contributed by atoms with Gasteiger partial charge in [0.15, 0.2) is 0 Å². The predicted octanol–water partition coefficient (Wildman–Crippen LogP) is 4.37.